The van der Waals surface area contributed by atoms with E-state index >= 15 is 0 Å². The molecule has 0 aromatic carbocycles. The van der Waals surface area contributed by atoms with Gasteiger partial charge in [-0.25, -0.2) is 0 Å². The molecule has 0 atom stereocenters. The van der Waals surface area contributed by atoms with Crippen molar-refractivity contribution in [2.75, 3.05) is 165 Å². The van der Waals surface area contributed by atoms with E-state index in [9.17, 15) is 0 Å². The van der Waals surface area contributed by atoms with Gasteiger partial charge >= 0.3 is 0 Å². The Kier molecular flexibility index (Phi) is 38.0. The quantitative estimate of drug-likeness (QED) is 0.102. The lowest BCUT2D eigenvalue weighted by atomic mass is 10.5. The molecule has 0 fully saturated rings. The highest BCUT2D eigenvalue weighted by atomic mass is 16.6. The van der Waals surface area contributed by atoms with Gasteiger partial charge in [0.25, 0.3) is 0 Å². The van der Waals surface area contributed by atoms with Crippen LogP contribution in [-0.2, 0) is 56.8 Å². The van der Waals surface area contributed by atoms with E-state index in [0.29, 0.717) is 152 Å². The first-order valence-corrected chi connectivity index (χ1v) is 14.5. The first-order chi connectivity index (χ1) is 19.9. The van der Waals surface area contributed by atoms with E-state index in [4.69, 9.17) is 61.9 Å². The summed E-state index contributed by atoms with van der Waals surface area (Å²) in [5, 5.41) is 8.56. The van der Waals surface area contributed by atoms with Crippen molar-refractivity contribution in [1.29, 1.82) is 0 Å². The van der Waals surface area contributed by atoms with Crippen LogP contribution in [0.25, 0.3) is 0 Å². The number of rotatable bonds is 37. The van der Waals surface area contributed by atoms with Crippen LogP contribution in [0.2, 0.25) is 0 Å². The molecule has 0 aromatic heterocycles. The monoisotopic (exact) mass is 588 g/mol. The van der Waals surface area contributed by atoms with Crippen LogP contribution >= 0.6 is 0 Å². The third kappa shape index (κ3) is 37.5. The summed E-state index contributed by atoms with van der Waals surface area (Å²) in [7, 11) is 0. The van der Waals surface area contributed by atoms with Gasteiger partial charge in [0.15, 0.2) is 0 Å². The average molecular weight is 589 g/mol. The number of aliphatic hydroxyl groups excluding tert-OH is 1. The fourth-order valence-corrected chi connectivity index (χ4v) is 2.73. The molecular formula is C27H56O13. The Labute approximate surface area is 240 Å². The lowest BCUT2D eigenvalue weighted by molar-refractivity contribution is -0.0286. The van der Waals surface area contributed by atoms with Gasteiger partial charge in [0.05, 0.1) is 159 Å². The Hall–Kier alpha value is -0.520. The standard InChI is InChI=1S/C27H56O13/c1-2-4-29-6-8-31-10-12-33-14-16-35-18-20-37-22-24-39-26-27-40-25-23-38-21-19-36-17-15-34-13-11-32-9-7-30-5-3-28/h28H,2-27H2,1H3. The molecular weight excluding hydrogens is 532 g/mol. The van der Waals surface area contributed by atoms with Gasteiger partial charge < -0.3 is 61.9 Å². The summed E-state index contributed by atoms with van der Waals surface area (Å²) in [6.45, 7) is 14.8. The van der Waals surface area contributed by atoms with E-state index in [1.54, 1.807) is 0 Å². The fraction of sp³-hybridized carbons (Fsp3) is 1.00. The van der Waals surface area contributed by atoms with E-state index in [-0.39, 0.29) is 6.61 Å². The minimum absolute atomic E-state index is 0.0269. The molecule has 0 heterocycles. The molecule has 242 valence electrons. The molecule has 13 heteroatoms. The van der Waals surface area contributed by atoms with Gasteiger partial charge in [-0.2, -0.15) is 0 Å². The van der Waals surface area contributed by atoms with Crippen LogP contribution in [0.1, 0.15) is 13.3 Å². The van der Waals surface area contributed by atoms with Crippen molar-refractivity contribution in [2.24, 2.45) is 0 Å². The van der Waals surface area contributed by atoms with Crippen LogP contribution in [0.4, 0.5) is 0 Å². The van der Waals surface area contributed by atoms with Crippen molar-refractivity contribution in [2.45, 2.75) is 13.3 Å². The van der Waals surface area contributed by atoms with Crippen LogP contribution in [0.15, 0.2) is 0 Å². The van der Waals surface area contributed by atoms with Crippen LogP contribution in [0.3, 0.4) is 0 Å². The largest absolute Gasteiger partial charge is 0.394 e. The highest BCUT2D eigenvalue weighted by molar-refractivity contribution is 4.39. The first kappa shape index (κ1) is 39.5. The lowest BCUT2D eigenvalue weighted by Gasteiger charge is -2.09. The second-order valence-corrected chi connectivity index (χ2v) is 8.07. The van der Waals surface area contributed by atoms with Crippen molar-refractivity contribution in [3.63, 3.8) is 0 Å². The minimum atomic E-state index is 0.0269. The molecule has 0 bridgehead atoms. The summed E-state index contributed by atoms with van der Waals surface area (Å²) in [4.78, 5) is 0. The smallest absolute Gasteiger partial charge is 0.0701 e. The molecule has 0 aliphatic heterocycles. The third-order valence-electron chi connectivity index (χ3n) is 4.68. The molecule has 0 amide bonds. The lowest BCUT2D eigenvalue weighted by Crippen LogP contribution is -2.15. The Morgan fingerprint density at radius 1 is 0.250 bits per heavy atom. The second kappa shape index (κ2) is 38.5. The van der Waals surface area contributed by atoms with Crippen LogP contribution < -0.4 is 0 Å². The van der Waals surface area contributed by atoms with E-state index in [2.05, 4.69) is 6.92 Å². The number of hydrogen-bond acceptors (Lipinski definition) is 13. The molecule has 13 nitrogen and oxygen atoms in total. The molecule has 0 aromatic rings. The summed E-state index contributed by atoms with van der Waals surface area (Å²) in [6, 6.07) is 0. The van der Waals surface area contributed by atoms with Gasteiger partial charge in [-0.3, -0.25) is 0 Å². The maximum atomic E-state index is 8.56. The van der Waals surface area contributed by atoms with E-state index in [0.717, 1.165) is 13.0 Å². The highest BCUT2D eigenvalue weighted by Gasteiger charge is 1.96. The molecule has 0 rings (SSSR count). The summed E-state index contributed by atoms with van der Waals surface area (Å²) in [5.74, 6) is 0. The Morgan fingerprint density at radius 3 is 0.550 bits per heavy atom. The summed E-state index contributed by atoms with van der Waals surface area (Å²) in [5.41, 5.74) is 0. The number of ether oxygens (including phenoxy) is 12. The van der Waals surface area contributed by atoms with Gasteiger partial charge in [0.2, 0.25) is 0 Å². The Balaban J connectivity index is 3.01. The van der Waals surface area contributed by atoms with Gasteiger partial charge in [-0.1, -0.05) is 6.92 Å². The van der Waals surface area contributed by atoms with Crippen molar-refractivity contribution in [3.8, 4) is 0 Å². The van der Waals surface area contributed by atoms with Gasteiger partial charge in [0, 0.05) is 6.61 Å². The summed E-state index contributed by atoms with van der Waals surface area (Å²) >= 11 is 0. The summed E-state index contributed by atoms with van der Waals surface area (Å²) in [6.07, 6.45) is 1.02. The van der Waals surface area contributed by atoms with Gasteiger partial charge in [0.1, 0.15) is 0 Å². The van der Waals surface area contributed by atoms with Crippen LogP contribution in [0, 0.1) is 0 Å². The molecule has 40 heavy (non-hydrogen) atoms. The van der Waals surface area contributed by atoms with E-state index in [1.165, 1.54) is 0 Å². The molecule has 0 aliphatic rings. The predicted octanol–water partition coefficient (Wildman–Crippen LogP) is 0.588. The van der Waals surface area contributed by atoms with Crippen LogP contribution in [-0.4, -0.2) is 170 Å². The van der Waals surface area contributed by atoms with E-state index in [1.807, 2.05) is 0 Å². The molecule has 0 spiro atoms. The molecule has 0 radical (unpaired) electrons. The molecule has 0 unspecified atom stereocenters. The molecule has 0 aliphatic carbocycles. The maximum absolute atomic E-state index is 8.56. The Morgan fingerprint density at radius 2 is 0.400 bits per heavy atom. The van der Waals surface area contributed by atoms with Crippen molar-refractivity contribution in [3.05, 3.63) is 0 Å². The van der Waals surface area contributed by atoms with E-state index < -0.39 is 0 Å². The van der Waals surface area contributed by atoms with Gasteiger partial charge in [-0.05, 0) is 6.42 Å². The molecule has 1 N–H and O–H groups in total. The second-order valence-electron chi connectivity index (χ2n) is 8.07. The molecule has 0 saturated heterocycles. The van der Waals surface area contributed by atoms with Crippen molar-refractivity contribution >= 4 is 0 Å². The van der Waals surface area contributed by atoms with Crippen molar-refractivity contribution in [1.82, 2.24) is 0 Å². The highest BCUT2D eigenvalue weighted by Crippen LogP contribution is 1.87. The zero-order valence-corrected chi connectivity index (χ0v) is 24.7. The number of aliphatic hydroxyl groups is 1. The normalized spacial score (nSPS) is 11.6. The summed E-state index contributed by atoms with van der Waals surface area (Å²) < 4.78 is 64.6. The third-order valence-corrected chi connectivity index (χ3v) is 4.68. The first-order valence-electron chi connectivity index (χ1n) is 14.5. The van der Waals surface area contributed by atoms with Crippen molar-refractivity contribution < 1.29 is 61.9 Å². The van der Waals surface area contributed by atoms with Crippen LogP contribution in [0.5, 0.6) is 0 Å². The zero-order valence-electron chi connectivity index (χ0n) is 24.7. The SMILES string of the molecule is CCCOCCOCCOCCOCCOCCOCCOCCOCCOCCOCCOCCOCCO. The zero-order chi connectivity index (χ0) is 28.9. The minimum Gasteiger partial charge on any atom is -0.394 e. The van der Waals surface area contributed by atoms with Gasteiger partial charge in [-0.15, -0.1) is 0 Å². The average Bonchev–Trinajstić information content (AvgIpc) is 2.97. The maximum Gasteiger partial charge on any atom is 0.0701 e. The fourth-order valence-electron chi connectivity index (χ4n) is 2.73. The topological polar surface area (TPSA) is 131 Å². The molecule has 0 saturated carbocycles. The Bertz CT molecular complexity index is 397. The number of hydrogen-bond donors (Lipinski definition) is 1. The predicted molar refractivity (Wildman–Crippen MR) is 147 cm³/mol.